The van der Waals surface area contributed by atoms with E-state index < -0.39 is 0 Å². The fourth-order valence-corrected chi connectivity index (χ4v) is 2.94. The summed E-state index contributed by atoms with van der Waals surface area (Å²) >= 11 is 1.29. The van der Waals surface area contributed by atoms with E-state index in [2.05, 4.69) is 9.97 Å². The minimum absolute atomic E-state index is 0.184. The van der Waals surface area contributed by atoms with Crippen LogP contribution in [0.25, 0.3) is 22.5 Å². The molecule has 0 aliphatic carbocycles. The zero-order valence-corrected chi connectivity index (χ0v) is 14.0. The number of hydrogen-bond acceptors (Lipinski definition) is 4. The molecule has 2 aromatic carbocycles. The maximum absolute atomic E-state index is 11.0. The second-order valence-electron chi connectivity index (χ2n) is 5.12. The summed E-state index contributed by atoms with van der Waals surface area (Å²) in [5.74, 6) is 0.607. The standard InChI is InChI=1S/C18H17N3O2S/c1-23-14-9-7-13(8-10-14)17-16(12-5-3-2-4-6-12)20-18(21-17)24-11-15(19)22/h2-10H,11H2,1H3,(H2,19,22)(H,20,21). The average molecular weight is 339 g/mol. The molecule has 0 unspecified atom stereocenters. The van der Waals surface area contributed by atoms with Gasteiger partial charge in [0.1, 0.15) is 5.75 Å². The van der Waals surface area contributed by atoms with Gasteiger partial charge in [-0.05, 0) is 24.3 Å². The highest BCUT2D eigenvalue weighted by Gasteiger charge is 2.15. The van der Waals surface area contributed by atoms with Gasteiger partial charge in [0, 0.05) is 11.1 Å². The quantitative estimate of drug-likeness (QED) is 0.675. The van der Waals surface area contributed by atoms with Gasteiger partial charge in [-0.25, -0.2) is 4.98 Å². The van der Waals surface area contributed by atoms with Gasteiger partial charge in [0.05, 0.1) is 24.3 Å². The molecule has 1 amide bonds. The van der Waals surface area contributed by atoms with Crippen LogP contribution in [0.5, 0.6) is 5.75 Å². The number of nitrogens with one attached hydrogen (secondary N) is 1. The summed E-state index contributed by atoms with van der Waals surface area (Å²) in [6.07, 6.45) is 0. The number of aromatic nitrogens is 2. The molecule has 0 saturated heterocycles. The van der Waals surface area contributed by atoms with Crippen LogP contribution in [0.2, 0.25) is 0 Å². The molecule has 1 aromatic heterocycles. The number of benzene rings is 2. The Morgan fingerprint density at radius 2 is 1.83 bits per heavy atom. The Bertz CT molecular complexity index is 829. The van der Waals surface area contributed by atoms with E-state index in [1.54, 1.807) is 7.11 Å². The topological polar surface area (TPSA) is 81.0 Å². The second-order valence-corrected chi connectivity index (χ2v) is 6.08. The number of aromatic amines is 1. The molecule has 0 atom stereocenters. The van der Waals surface area contributed by atoms with Crippen molar-refractivity contribution in [2.75, 3.05) is 12.9 Å². The van der Waals surface area contributed by atoms with E-state index in [9.17, 15) is 4.79 Å². The van der Waals surface area contributed by atoms with E-state index in [0.717, 1.165) is 28.3 Å². The van der Waals surface area contributed by atoms with Gasteiger partial charge >= 0.3 is 0 Å². The molecular formula is C18H17N3O2S. The Labute approximate surface area is 144 Å². The summed E-state index contributed by atoms with van der Waals surface area (Å²) in [7, 11) is 1.64. The molecule has 0 aliphatic rings. The number of rotatable bonds is 6. The Kier molecular flexibility index (Phi) is 4.86. The lowest BCUT2D eigenvalue weighted by molar-refractivity contribution is -0.115. The molecule has 0 radical (unpaired) electrons. The minimum Gasteiger partial charge on any atom is -0.497 e. The Morgan fingerprint density at radius 1 is 1.12 bits per heavy atom. The largest absolute Gasteiger partial charge is 0.497 e. The third-order valence-electron chi connectivity index (χ3n) is 3.46. The number of carbonyl (C=O) groups is 1. The van der Waals surface area contributed by atoms with Crippen LogP contribution in [0.4, 0.5) is 0 Å². The van der Waals surface area contributed by atoms with Gasteiger partial charge in [0.25, 0.3) is 0 Å². The number of methoxy groups -OCH3 is 1. The summed E-state index contributed by atoms with van der Waals surface area (Å²) < 4.78 is 5.21. The summed E-state index contributed by atoms with van der Waals surface area (Å²) in [5.41, 5.74) is 8.96. The SMILES string of the molecule is COc1ccc(-c2[nH]c(SCC(N)=O)nc2-c2ccccc2)cc1. The third-order valence-corrected chi connectivity index (χ3v) is 4.35. The van der Waals surface area contributed by atoms with E-state index in [0.29, 0.717) is 5.16 Å². The Morgan fingerprint density at radius 3 is 2.46 bits per heavy atom. The van der Waals surface area contributed by atoms with Crippen molar-refractivity contribution in [2.45, 2.75) is 5.16 Å². The smallest absolute Gasteiger partial charge is 0.227 e. The van der Waals surface area contributed by atoms with Gasteiger partial charge in [-0.15, -0.1) is 0 Å². The van der Waals surface area contributed by atoms with E-state index in [4.69, 9.17) is 10.5 Å². The van der Waals surface area contributed by atoms with Crippen LogP contribution >= 0.6 is 11.8 Å². The van der Waals surface area contributed by atoms with Gasteiger partial charge in [-0.3, -0.25) is 4.79 Å². The van der Waals surface area contributed by atoms with Gasteiger partial charge < -0.3 is 15.5 Å². The van der Waals surface area contributed by atoms with E-state index in [1.807, 2.05) is 54.6 Å². The van der Waals surface area contributed by atoms with Gasteiger partial charge in [0.15, 0.2) is 5.16 Å². The lowest BCUT2D eigenvalue weighted by Crippen LogP contribution is -2.13. The van der Waals surface area contributed by atoms with Crippen LogP contribution in [0.1, 0.15) is 0 Å². The monoisotopic (exact) mass is 339 g/mol. The first-order valence-electron chi connectivity index (χ1n) is 7.38. The number of carbonyl (C=O) groups excluding carboxylic acids is 1. The van der Waals surface area contributed by atoms with Crippen LogP contribution in [-0.4, -0.2) is 28.7 Å². The second kappa shape index (κ2) is 7.23. The summed E-state index contributed by atoms with van der Waals surface area (Å²) in [6.45, 7) is 0. The first-order chi connectivity index (χ1) is 11.7. The molecule has 5 nitrogen and oxygen atoms in total. The molecule has 0 aliphatic heterocycles. The zero-order chi connectivity index (χ0) is 16.9. The third kappa shape index (κ3) is 3.60. The number of thioether (sulfide) groups is 1. The molecule has 3 N–H and O–H groups in total. The van der Waals surface area contributed by atoms with Crippen LogP contribution in [0.3, 0.4) is 0 Å². The highest BCUT2D eigenvalue weighted by molar-refractivity contribution is 7.99. The molecule has 0 fully saturated rings. The number of amides is 1. The van der Waals surface area contributed by atoms with Crippen molar-refractivity contribution in [3.63, 3.8) is 0 Å². The van der Waals surface area contributed by atoms with Crippen molar-refractivity contribution >= 4 is 17.7 Å². The molecule has 6 heteroatoms. The van der Waals surface area contributed by atoms with Gasteiger partial charge in [0.2, 0.25) is 5.91 Å². The summed E-state index contributed by atoms with van der Waals surface area (Å²) in [6, 6.07) is 17.7. The van der Waals surface area contributed by atoms with E-state index >= 15 is 0 Å². The summed E-state index contributed by atoms with van der Waals surface area (Å²) in [5, 5.41) is 0.665. The number of imidazole rings is 1. The lowest BCUT2D eigenvalue weighted by atomic mass is 10.1. The molecular weight excluding hydrogens is 322 g/mol. The number of ether oxygens (including phenoxy) is 1. The number of primary amides is 1. The van der Waals surface area contributed by atoms with Crippen molar-refractivity contribution in [3.05, 3.63) is 54.6 Å². The number of hydrogen-bond donors (Lipinski definition) is 2. The number of nitrogens with two attached hydrogens (primary N) is 1. The Hall–Kier alpha value is -2.73. The van der Waals surface area contributed by atoms with Crippen LogP contribution < -0.4 is 10.5 Å². The molecule has 3 aromatic rings. The molecule has 0 bridgehead atoms. The van der Waals surface area contributed by atoms with Crippen molar-refractivity contribution in [3.8, 4) is 28.3 Å². The van der Waals surface area contributed by atoms with Crippen LogP contribution in [0.15, 0.2) is 59.8 Å². The first-order valence-corrected chi connectivity index (χ1v) is 8.37. The van der Waals surface area contributed by atoms with Crippen molar-refractivity contribution in [1.29, 1.82) is 0 Å². The van der Waals surface area contributed by atoms with Gasteiger partial charge in [-0.2, -0.15) is 0 Å². The minimum atomic E-state index is -0.372. The predicted molar refractivity (Wildman–Crippen MR) is 95.9 cm³/mol. The van der Waals surface area contributed by atoms with Gasteiger partial charge in [-0.1, -0.05) is 42.1 Å². The zero-order valence-electron chi connectivity index (χ0n) is 13.2. The maximum Gasteiger partial charge on any atom is 0.227 e. The highest BCUT2D eigenvalue weighted by atomic mass is 32.2. The van der Waals surface area contributed by atoms with Crippen molar-refractivity contribution in [2.24, 2.45) is 5.73 Å². The lowest BCUT2D eigenvalue weighted by Gasteiger charge is -2.04. The van der Waals surface area contributed by atoms with E-state index in [-0.39, 0.29) is 11.7 Å². The fourth-order valence-electron chi connectivity index (χ4n) is 2.33. The molecule has 3 rings (SSSR count). The van der Waals surface area contributed by atoms with Crippen LogP contribution in [0, 0.1) is 0 Å². The highest BCUT2D eigenvalue weighted by Crippen LogP contribution is 2.33. The molecule has 122 valence electrons. The fraction of sp³-hybridized carbons (Fsp3) is 0.111. The van der Waals surface area contributed by atoms with Crippen LogP contribution in [-0.2, 0) is 4.79 Å². The predicted octanol–water partition coefficient (Wildman–Crippen LogP) is 3.33. The normalized spacial score (nSPS) is 10.5. The number of H-pyrrole nitrogens is 1. The molecule has 0 saturated carbocycles. The molecule has 24 heavy (non-hydrogen) atoms. The maximum atomic E-state index is 11.0. The summed E-state index contributed by atoms with van der Waals surface area (Å²) in [4.78, 5) is 19.0. The Balaban J connectivity index is 2.03. The number of nitrogens with zero attached hydrogens (tertiary/aromatic N) is 1. The molecule has 0 spiro atoms. The van der Waals surface area contributed by atoms with Crippen molar-refractivity contribution in [1.82, 2.24) is 9.97 Å². The van der Waals surface area contributed by atoms with E-state index in [1.165, 1.54) is 11.8 Å². The first kappa shape index (κ1) is 16.1. The molecule has 1 heterocycles. The average Bonchev–Trinajstić information content (AvgIpc) is 3.05. The van der Waals surface area contributed by atoms with Crippen molar-refractivity contribution < 1.29 is 9.53 Å².